The maximum absolute atomic E-state index is 11.7. The lowest BCUT2D eigenvalue weighted by Crippen LogP contribution is -2.35. The predicted molar refractivity (Wildman–Crippen MR) is 188 cm³/mol. The summed E-state index contributed by atoms with van der Waals surface area (Å²) >= 11 is 0. The monoisotopic (exact) mass is 794 g/mol. The van der Waals surface area contributed by atoms with Crippen LogP contribution >= 0.6 is 0 Å². The maximum Gasteiger partial charge on any atom is 0.346 e. The van der Waals surface area contributed by atoms with Crippen molar-refractivity contribution >= 4 is 69.3 Å². The highest BCUT2D eigenvalue weighted by Gasteiger charge is 2.58. The minimum Gasteiger partial charge on any atom is -0.393 e. The average molecular weight is 795 g/mol. The largest absolute Gasteiger partial charge is 0.393 e. The summed E-state index contributed by atoms with van der Waals surface area (Å²) in [6.07, 6.45) is 6.05. The zero-order valence-corrected chi connectivity index (χ0v) is 28.6. The molecule has 2 aromatic heterocycles. The summed E-state index contributed by atoms with van der Waals surface area (Å²) in [6, 6.07) is 2.29. The topological polar surface area (TPSA) is 268 Å². The Morgan fingerprint density at radius 1 is 0.351 bits per heavy atom. The van der Waals surface area contributed by atoms with E-state index in [0.717, 1.165) is 44.2 Å². The highest BCUT2D eigenvalue weighted by atomic mass is 16.6. The van der Waals surface area contributed by atoms with Crippen LogP contribution in [0.25, 0.3) is 21.5 Å². The van der Waals surface area contributed by atoms with Crippen LogP contribution in [0.2, 0.25) is 0 Å². The molecule has 3 aliphatic carbocycles. The van der Waals surface area contributed by atoms with Gasteiger partial charge in [0.25, 0.3) is 0 Å². The number of hydrogen-bond donors (Lipinski definition) is 0. The minimum absolute atomic E-state index is 0. The number of carbonyl (C=O) groups excluding carboxylic acids is 8. The molecule has 0 spiro atoms. The second kappa shape index (κ2) is 15.2. The van der Waals surface area contributed by atoms with Crippen LogP contribution in [0.15, 0.2) is 40.1 Å². The third-order valence-corrected chi connectivity index (χ3v) is 12.2. The lowest BCUT2D eigenvalue weighted by atomic mass is 9.68. The van der Waals surface area contributed by atoms with E-state index in [-0.39, 0.29) is 96.8 Å². The van der Waals surface area contributed by atoms with E-state index in [0.29, 0.717) is 24.7 Å². The highest BCUT2D eigenvalue weighted by molar-refractivity contribution is 6.01. The van der Waals surface area contributed by atoms with Crippen molar-refractivity contribution in [3.05, 3.63) is 53.8 Å². The van der Waals surface area contributed by atoms with Crippen molar-refractivity contribution in [3.8, 4) is 0 Å². The summed E-state index contributed by atoms with van der Waals surface area (Å²) in [7, 11) is 0. The van der Waals surface area contributed by atoms with Crippen LogP contribution in [0, 0.1) is 59.2 Å². The first-order valence-electron chi connectivity index (χ1n) is 17.9. The Labute approximate surface area is 320 Å². The van der Waals surface area contributed by atoms with Gasteiger partial charge in [-0.05, 0) is 81.8 Å². The van der Waals surface area contributed by atoms with Crippen LogP contribution in [0.4, 0.5) is 0 Å². The molecule has 7 fully saturated rings. The Morgan fingerprint density at radius 2 is 0.596 bits per heavy atom. The van der Waals surface area contributed by atoms with Crippen LogP contribution in [0.1, 0.15) is 72.6 Å². The number of carbonyl (C=O) groups is 8. The van der Waals surface area contributed by atoms with E-state index in [2.05, 4.69) is 18.3 Å². The number of rotatable bonds is 2. The van der Waals surface area contributed by atoms with Crippen molar-refractivity contribution in [3.63, 3.8) is 0 Å². The van der Waals surface area contributed by atoms with Gasteiger partial charge in [0.1, 0.15) is 0 Å². The molecule has 3 saturated carbocycles. The molecule has 18 heteroatoms. The third-order valence-electron chi connectivity index (χ3n) is 12.2. The van der Waals surface area contributed by atoms with Crippen molar-refractivity contribution in [2.24, 2.45) is 59.2 Å². The van der Waals surface area contributed by atoms with E-state index in [4.69, 9.17) is 9.47 Å². The van der Waals surface area contributed by atoms with Gasteiger partial charge in [-0.2, -0.15) is 0 Å². The zero-order chi connectivity index (χ0) is 39.0. The molecule has 6 heterocycles. The zero-order valence-electron chi connectivity index (χ0n) is 28.6. The van der Waals surface area contributed by atoms with Gasteiger partial charge in [-0.25, -0.2) is 19.2 Å². The molecular formula is C39H38O18. The first-order valence-corrected chi connectivity index (χ1v) is 17.9. The molecule has 4 aliphatic heterocycles. The van der Waals surface area contributed by atoms with Crippen LogP contribution in [0.5, 0.6) is 0 Å². The van der Waals surface area contributed by atoms with E-state index < -0.39 is 70.1 Å². The predicted octanol–water partition coefficient (Wildman–Crippen LogP) is 1.79. The summed E-state index contributed by atoms with van der Waals surface area (Å²) in [4.78, 5) is 137. The standard InChI is InChI=1S/C17H20O6.C10H8O6.C10H2O6.2CH4/c18-14-10-3-1-8(6-12(10)16(20)22-14)5-9-2-4-11-13(7-9)17(21)23-15(11)19;2*11-7-3-1-4-6(10(14)16-8(4)12)2-5(3)9(13)15-7;;/h8-13H,1-7H2;3-6H,1-2H2;1-2H;2*1H4. The van der Waals surface area contributed by atoms with Crippen LogP contribution in [0.3, 0.4) is 0 Å². The molecule has 18 nitrogen and oxygen atoms in total. The Morgan fingerprint density at radius 3 is 0.877 bits per heavy atom. The lowest BCUT2D eigenvalue weighted by molar-refractivity contribution is -0.156. The first kappa shape index (κ1) is 40.7. The smallest absolute Gasteiger partial charge is 0.346 e. The maximum atomic E-state index is 11.7. The molecule has 57 heavy (non-hydrogen) atoms. The fourth-order valence-electron chi connectivity index (χ4n) is 9.41. The molecule has 0 N–H and O–H groups in total. The second-order valence-corrected chi connectivity index (χ2v) is 15.2. The van der Waals surface area contributed by atoms with Gasteiger partial charge in [0, 0.05) is 0 Å². The van der Waals surface area contributed by atoms with Crippen LogP contribution in [-0.4, -0.2) is 47.8 Å². The highest BCUT2D eigenvalue weighted by Crippen LogP contribution is 2.47. The van der Waals surface area contributed by atoms with E-state index in [9.17, 15) is 57.5 Å². The van der Waals surface area contributed by atoms with E-state index in [1.54, 1.807) is 0 Å². The Kier molecular flexibility index (Phi) is 10.9. The Hall–Kier alpha value is -5.94. The summed E-state index contributed by atoms with van der Waals surface area (Å²) in [5.41, 5.74) is -3.30. The van der Waals surface area contributed by atoms with Gasteiger partial charge in [-0.3, -0.25) is 38.4 Å². The summed E-state index contributed by atoms with van der Waals surface area (Å²) in [5, 5.41) is -0.0726. The van der Waals surface area contributed by atoms with Gasteiger partial charge in [0.2, 0.25) is 0 Å². The SMILES string of the molecule is C.C.O=C1OC(=O)C2CC(CC3CCC4C(=O)OC(=O)C4C3)CCC12.O=C1OC(=O)C2CC3C(=O)OC(=O)C3CC12.O=c1oc(=O)c2cc3c(=O)oc(=O)c3cc12. The van der Waals surface area contributed by atoms with Crippen LogP contribution < -0.4 is 22.5 Å². The molecule has 0 amide bonds. The normalized spacial score (nSPS) is 32.2. The molecule has 10 atom stereocenters. The number of benzene rings is 1. The third kappa shape index (κ3) is 7.05. The fourth-order valence-corrected chi connectivity index (χ4v) is 9.41. The summed E-state index contributed by atoms with van der Waals surface area (Å²) < 4.78 is 27.2. The molecule has 0 radical (unpaired) electrons. The van der Waals surface area contributed by atoms with Crippen molar-refractivity contribution in [1.29, 1.82) is 0 Å². The lowest BCUT2D eigenvalue weighted by Gasteiger charge is -2.33. The van der Waals surface area contributed by atoms with Crippen molar-refractivity contribution in [1.82, 2.24) is 0 Å². The fraction of sp³-hybridized carbons (Fsp3) is 0.538. The van der Waals surface area contributed by atoms with Gasteiger partial charge < -0.3 is 27.8 Å². The summed E-state index contributed by atoms with van der Waals surface area (Å²) in [5.74, 6) is -6.30. The minimum atomic E-state index is -0.824. The second-order valence-electron chi connectivity index (χ2n) is 15.2. The van der Waals surface area contributed by atoms with Crippen LogP contribution in [-0.2, 0) is 57.3 Å². The van der Waals surface area contributed by atoms with Gasteiger partial charge in [-0.15, -0.1) is 0 Å². The Bertz CT molecular complexity index is 2170. The number of furan rings is 2. The molecule has 10 unspecified atom stereocenters. The van der Waals surface area contributed by atoms with Crippen molar-refractivity contribution in [2.75, 3.05) is 0 Å². The molecule has 7 aliphatic rings. The molecule has 1 aromatic carbocycles. The average Bonchev–Trinajstić information content (AvgIpc) is 3.93. The number of hydrogen-bond acceptors (Lipinski definition) is 18. The number of cyclic esters (lactones) is 8. The number of ether oxygens (including phenoxy) is 4. The molecule has 3 aromatic rings. The van der Waals surface area contributed by atoms with Crippen molar-refractivity contribution in [2.45, 2.75) is 72.6 Å². The van der Waals surface area contributed by atoms with E-state index in [1.807, 2.05) is 0 Å². The molecule has 4 saturated heterocycles. The number of esters is 8. The van der Waals surface area contributed by atoms with Gasteiger partial charge in [0.05, 0.1) is 68.9 Å². The molecule has 0 bridgehead atoms. The summed E-state index contributed by atoms with van der Waals surface area (Å²) in [6.45, 7) is 0. The Balaban J connectivity index is 0.000000146. The quantitative estimate of drug-likeness (QED) is 0.203. The first-order chi connectivity index (χ1) is 26.2. The van der Waals surface area contributed by atoms with E-state index >= 15 is 0 Å². The molecule has 302 valence electrons. The number of fused-ring (bicyclic) bond motifs is 6. The molecular weight excluding hydrogens is 756 g/mol. The van der Waals surface area contributed by atoms with E-state index in [1.165, 1.54) is 0 Å². The van der Waals surface area contributed by atoms with Crippen molar-refractivity contribution < 1.29 is 66.1 Å². The van der Waals surface area contributed by atoms with Gasteiger partial charge in [-0.1, -0.05) is 14.9 Å². The molecule has 10 rings (SSSR count). The van der Waals surface area contributed by atoms with Gasteiger partial charge >= 0.3 is 70.3 Å². The van der Waals surface area contributed by atoms with Gasteiger partial charge in [0.15, 0.2) is 0 Å².